The summed E-state index contributed by atoms with van der Waals surface area (Å²) in [4.78, 5) is 28.7. The minimum absolute atomic E-state index is 0.0474. The van der Waals surface area contributed by atoms with E-state index in [1.54, 1.807) is 19.0 Å². The fraction of sp³-hybridized carbons (Fsp3) is 0.900. The van der Waals surface area contributed by atoms with Gasteiger partial charge in [0, 0.05) is 27.2 Å². The Morgan fingerprint density at radius 1 is 1.00 bits per heavy atom. The van der Waals surface area contributed by atoms with Gasteiger partial charge in [-0.25, -0.2) is 0 Å². The van der Waals surface area contributed by atoms with Crippen LogP contribution in [0.25, 0.3) is 0 Å². The van der Waals surface area contributed by atoms with Crippen LogP contribution in [0, 0.1) is 23.2 Å². The van der Waals surface area contributed by atoms with Crippen molar-refractivity contribution in [3.8, 4) is 0 Å². The lowest BCUT2D eigenvalue weighted by atomic mass is 9.49. The number of carbonyl (C=O) groups excluding carboxylic acids is 2. The number of piperidine rings is 1. The second-order valence-electron chi connectivity index (χ2n) is 9.37. The molecule has 25 heavy (non-hydrogen) atoms. The number of likely N-dealkylation sites (tertiary alicyclic amines) is 1. The average molecular weight is 348 g/mol. The van der Waals surface area contributed by atoms with Gasteiger partial charge in [0.2, 0.25) is 5.91 Å². The smallest absolute Gasteiger partial charge is 0.312 e. The molecular formula is C20H32N2O3. The number of likely N-dealkylation sites (N-methyl/N-ethyl adjacent to an activating group) is 1. The Balaban J connectivity index is 1.29. The molecule has 5 rings (SSSR count). The zero-order valence-corrected chi connectivity index (χ0v) is 15.7. The van der Waals surface area contributed by atoms with Crippen molar-refractivity contribution in [3.05, 3.63) is 0 Å². The Kier molecular flexibility index (Phi) is 4.55. The van der Waals surface area contributed by atoms with Gasteiger partial charge in [0.15, 0.2) is 0 Å². The molecule has 4 bridgehead atoms. The first-order chi connectivity index (χ1) is 11.9. The molecule has 5 fully saturated rings. The number of esters is 1. The highest BCUT2D eigenvalue weighted by molar-refractivity contribution is 5.78. The maximum absolute atomic E-state index is 13.0. The Labute approximate surface area is 151 Å². The highest BCUT2D eigenvalue weighted by Crippen LogP contribution is 2.60. The van der Waals surface area contributed by atoms with Crippen molar-refractivity contribution in [2.75, 3.05) is 33.7 Å². The summed E-state index contributed by atoms with van der Waals surface area (Å²) in [7, 11) is 3.59. The van der Waals surface area contributed by atoms with E-state index in [2.05, 4.69) is 4.90 Å². The maximum Gasteiger partial charge on any atom is 0.312 e. The minimum atomic E-state index is -0.146. The van der Waals surface area contributed by atoms with Crippen LogP contribution in [-0.4, -0.2) is 61.5 Å². The Morgan fingerprint density at radius 3 is 2.00 bits per heavy atom. The third kappa shape index (κ3) is 3.44. The third-order valence-corrected chi connectivity index (χ3v) is 7.14. The van der Waals surface area contributed by atoms with Gasteiger partial charge < -0.3 is 9.64 Å². The fourth-order valence-electron chi connectivity index (χ4n) is 6.15. The van der Waals surface area contributed by atoms with Gasteiger partial charge >= 0.3 is 5.97 Å². The van der Waals surface area contributed by atoms with E-state index in [1.165, 1.54) is 19.3 Å². The minimum Gasteiger partial charge on any atom is -0.462 e. The SMILES string of the molecule is CN(C)C(=O)CN1CCC(OC(=O)C23CC4CC(CC(C4)C2)C3)CC1. The van der Waals surface area contributed by atoms with Gasteiger partial charge in [-0.3, -0.25) is 14.5 Å². The number of nitrogens with zero attached hydrogens (tertiary/aromatic N) is 2. The van der Waals surface area contributed by atoms with Gasteiger partial charge in [-0.2, -0.15) is 0 Å². The van der Waals surface area contributed by atoms with Crippen molar-refractivity contribution >= 4 is 11.9 Å². The summed E-state index contributed by atoms with van der Waals surface area (Å²) in [6, 6.07) is 0. The summed E-state index contributed by atoms with van der Waals surface area (Å²) < 4.78 is 6.02. The van der Waals surface area contributed by atoms with Crippen LogP contribution >= 0.6 is 0 Å². The average Bonchev–Trinajstić information content (AvgIpc) is 2.55. The lowest BCUT2D eigenvalue weighted by Crippen LogP contribution is -2.51. The van der Waals surface area contributed by atoms with Gasteiger partial charge in [-0.1, -0.05) is 0 Å². The van der Waals surface area contributed by atoms with Crippen LogP contribution in [0.3, 0.4) is 0 Å². The second-order valence-corrected chi connectivity index (χ2v) is 9.37. The number of ether oxygens (including phenoxy) is 1. The fourth-order valence-corrected chi connectivity index (χ4v) is 6.15. The lowest BCUT2D eigenvalue weighted by molar-refractivity contribution is -0.179. The van der Waals surface area contributed by atoms with E-state index in [0.717, 1.165) is 62.9 Å². The van der Waals surface area contributed by atoms with E-state index in [4.69, 9.17) is 4.74 Å². The van der Waals surface area contributed by atoms with Crippen molar-refractivity contribution in [2.45, 2.75) is 57.5 Å². The Morgan fingerprint density at radius 2 is 1.52 bits per heavy atom. The van der Waals surface area contributed by atoms with Crippen molar-refractivity contribution < 1.29 is 14.3 Å². The summed E-state index contributed by atoms with van der Waals surface area (Å²) in [6.45, 7) is 2.17. The summed E-state index contributed by atoms with van der Waals surface area (Å²) in [5.41, 5.74) is -0.146. The monoisotopic (exact) mass is 348 g/mol. The molecule has 1 amide bonds. The van der Waals surface area contributed by atoms with Crippen LogP contribution < -0.4 is 0 Å². The van der Waals surface area contributed by atoms with E-state index in [1.807, 2.05) is 0 Å². The molecule has 0 radical (unpaired) electrons. The molecule has 4 aliphatic carbocycles. The first-order valence-electron chi connectivity index (χ1n) is 10.1. The van der Waals surface area contributed by atoms with Crippen molar-refractivity contribution in [1.82, 2.24) is 9.80 Å². The second kappa shape index (κ2) is 6.57. The molecule has 4 saturated carbocycles. The number of amides is 1. The van der Waals surface area contributed by atoms with Crippen LogP contribution in [0.1, 0.15) is 51.4 Å². The third-order valence-electron chi connectivity index (χ3n) is 7.14. The molecule has 0 unspecified atom stereocenters. The number of hydrogen-bond donors (Lipinski definition) is 0. The van der Waals surface area contributed by atoms with E-state index >= 15 is 0 Å². The summed E-state index contributed by atoms with van der Waals surface area (Å²) in [5.74, 6) is 2.58. The molecule has 0 aromatic heterocycles. The van der Waals surface area contributed by atoms with E-state index in [9.17, 15) is 9.59 Å². The van der Waals surface area contributed by atoms with E-state index in [0.29, 0.717) is 6.54 Å². The summed E-state index contributed by atoms with van der Waals surface area (Å²) >= 11 is 0. The molecule has 0 aromatic carbocycles. The molecule has 0 atom stereocenters. The molecule has 1 saturated heterocycles. The van der Waals surface area contributed by atoms with Crippen LogP contribution in [0.4, 0.5) is 0 Å². The van der Waals surface area contributed by atoms with Crippen molar-refractivity contribution in [2.24, 2.45) is 23.2 Å². The zero-order valence-electron chi connectivity index (χ0n) is 15.7. The lowest BCUT2D eigenvalue weighted by Gasteiger charge is -2.55. The topological polar surface area (TPSA) is 49.9 Å². The molecule has 5 heteroatoms. The van der Waals surface area contributed by atoms with Crippen LogP contribution in [-0.2, 0) is 14.3 Å². The number of hydrogen-bond acceptors (Lipinski definition) is 4. The highest BCUT2D eigenvalue weighted by atomic mass is 16.5. The molecular weight excluding hydrogens is 316 g/mol. The predicted molar refractivity (Wildman–Crippen MR) is 94.9 cm³/mol. The summed E-state index contributed by atoms with van der Waals surface area (Å²) in [5, 5.41) is 0. The normalized spacial score (nSPS) is 37.9. The van der Waals surface area contributed by atoms with Crippen LogP contribution in [0.2, 0.25) is 0 Å². The maximum atomic E-state index is 13.0. The molecule has 140 valence electrons. The predicted octanol–water partition coefficient (Wildman–Crippen LogP) is 2.30. The van der Waals surface area contributed by atoms with Gasteiger partial charge in [0.05, 0.1) is 12.0 Å². The highest BCUT2D eigenvalue weighted by Gasteiger charge is 2.55. The van der Waals surface area contributed by atoms with E-state index < -0.39 is 0 Å². The van der Waals surface area contributed by atoms with Crippen LogP contribution in [0.15, 0.2) is 0 Å². The summed E-state index contributed by atoms with van der Waals surface area (Å²) in [6.07, 6.45) is 9.06. The molecule has 5 nitrogen and oxygen atoms in total. The van der Waals surface area contributed by atoms with Crippen molar-refractivity contribution in [1.29, 1.82) is 0 Å². The van der Waals surface area contributed by atoms with Crippen LogP contribution in [0.5, 0.6) is 0 Å². The van der Waals surface area contributed by atoms with Crippen molar-refractivity contribution in [3.63, 3.8) is 0 Å². The molecule has 0 spiro atoms. The van der Waals surface area contributed by atoms with Gasteiger partial charge in [0.1, 0.15) is 6.10 Å². The van der Waals surface area contributed by atoms with Gasteiger partial charge in [-0.05, 0) is 69.1 Å². The largest absolute Gasteiger partial charge is 0.462 e. The molecule has 0 aromatic rings. The first kappa shape index (κ1) is 17.3. The Hall–Kier alpha value is -1.10. The quantitative estimate of drug-likeness (QED) is 0.732. The van der Waals surface area contributed by atoms with E-state index in [-0.39, 0.29) is 23.4 Å². The zero-order chi connectivity index (χ0) is 17.6. The number of rotatable bonds is 4. The Bertz CT molecular complexity index is 502. The number of carbonyl (C=O) groups is 2. The molecule has 1 aliphatic heterocycles. The first-order valence-corrected chi connectivity index (χ1v) is 10.1. The molecule has 5 aliphatic rings. The molecule has 0 N–H and O–H groups in total. The van der Waals surface area contributed by atoms with Gasteiger partial charge in [-0.15, -0.1) is 0 Å². The van der Waals surface area contributed by atoms with Gasteiger partial charge in [0.25, 0.3) is 0 Å². The molecule has 1 heterocycles. The standard InChI is InChI=1S/C20H32N2O3/c1-21(2)18(23)13-22-5-3-17(4-6-22)25-19(24)20-10-14-7-15(11-20)9-16(8-14)12-20/h14-17H,3-13H2,1-2H3.